The predicted molar refractivity (Wildman–Crippen MR) is 56.3 cm³/mol. The van der Waals surface area contributed by atoms with Crippen LogP contribution in [0.3, 0.4) is 0 Å². The van der Waals surface area contributed by atoms with E-state index in [4.69, 9.17) is 5.11 Å². The van der Waals surface area contributed by atoms with E-state index in [0.717, 1.165) is 5.56 Å². The molecule has 9 heteroatoms. The number of aliphatic carboxylic acids is 1. The first kappa shape index (κ1) is 11.5. The maximum Gasteiger partial charge on any atom is 0.325 e. The summed E-state index contributed by atoms with van der Waals surface area (Å²) in [6.07, 6.45) is 1.63. The van der Waals surface area contributed by atoms with Gasteiger partial charge in [-0.2, -0.15) is 5.10 Å². The minimum absolute atomic E-state index is 0.283. The molecular formula is C8H8N6O2S. The summed E-state index contributed by atoms with van der Waals surface area (Å²) < 4.78 is 1.19. The Labute approximate surface area is 100 Å². The number of rotatable bonds is 4. The van der Waals surface area contributed by atoms with Crippen LogP contribution in [0.4, 0.5) is 0 Å². The summed E-state index contributed by atoms with van der Waals surface area (Å²) in [7, 11) is 0. The van der Waals surface area contributed by atoms with Gasteiger partial charge in [-0.15, -0.1) is 10.2 Å². The Morgan fingerprint density at radius 2 is 2.35 bits per heavy atom. The molecule has 2 rings (SSSR count). The number of carbonyl (C=O) groups is 1. The fourth-order valence-corrected chi connectivity index (χ4v) is 1.88. The first-order valence-electron chi connectivity index (χ1n) is 4.60. The summed E-state index contributed by atoms with van der Waals surface area (Å²) in [5.41, 5.74) is 0.958. The van der Waals surface area contributed by atoms with Gasteiger partial charge in [0.2, 0.25) is 5.16 Å². The quantitative estimate of drug-likeness (QED) is 0.810. The molecule has 1 N–H and O–H groups in total. The van der Waals surface area contributed by atoms with Gasteiger partial charge in [0, 0.05) is 0 Å². The topological polar surface area (TPSA) is 107 Å². The van der Waals surface area contributed by atoms with Gasteiger partial charge in [-0.05, 0) is 40.7 Å². The lowest BCUT2D eigenvalue weighted by Gasteiger charge is -2.00. The van der Waals surface area contributed by atoms with Crippen molar-refractivity contribution in [1.82, 2.24) is 30.4 Å². The normalized spacial score (nSPS) is 10.4. The molecule has 0 radical (unpaired) electrons. The molecule has 17 heavy (non-hydrogen) atoms. The molecule has 88 valence electrons. The molecule has 0 fully saturated rings. The molecule has 0 unspecified atom stereocenters. The van der Waals surface area contributed by atoms with E-state index < -0.39 is 5.97 Å². The third kappa shape index (κ3) is 2.97. The largest absolute Gasteiger partial charge is 0.480 e. The van der Waals surface area contributed by atoms with Crippen molar-refractivity contribution in [2.45, 2.75) is 23.7 Å². The first-order chi connectivity index (χ1) is 8.15. The van der Waals surface area contributed by atoms with Crippen LogP contribution < -0.4 is 0 Å². The van der Waals surface area contributed by atoms with E-state index in [1.54, 1.807) is 6.20 Å². The average Bonchev–Trinajstić information content (AvgIpc) is 2.65. The highest BCUT2D eigenvalue weighted by Gasteiger charge is 2.11. The molecule has 2 aromatic heterocycles. The molecule has 0 saturated carbocycles. The van der Waals surface area contributed by atoms with E-state index in [1.165, 1.54) is 16.4 Å². The Hall–Kier alpha value is -2.03. The highest BCUT2D eigenvalue weighted by Crippen LogP contribution is 2.22. The summed E-state index contributed by atoms with van der Waals surface area (Å²) in [6, 6.07) is 1.82. The van der Waals surface area contributed by atoms with E-state index >= 15 is 0 Å². The monoisotopic (exact) mass is 252 g/mol. The Kier molecular flexibility index (Phi) is 3.28. The standard InChI is InChI=1S/C8H8N6O2S/c1-5-2-6(10-9-3-5)17-8-11-12-13-14(8)4-7(15)16/h2-3H,4H2,1H3,(H,15,16). The van der Waals surface area contributed by atoms with Crippen LogP contribution >= 0.6 is 11.8 Å². The second-order valence-corrected chi connectivity index (χ2v) is 4.17. The molecule has 2 heterocycles. The zero-order chi connectivity index (χ0) is 12.3. The number of aryl methyl sites for hydroxylation is 1. The minimum atomic E-state index is -1.01. The number of carboxylic acid groups (broad SMARTS) is 1. The summed E-state index contributed by atoms with van der Waals surface area (Å²) in [5, 5.41) is 28.1. The fraction of sp³-hybridized carbons (Fsp3) is 0.250. The van der Waals surface area contributed by atoms with Gasteiger partial charge >= 0.3 is 5.97 Å². The van der Waals surface area contributed by atoms with Crippen molar-refractivity contribution in [3.8, 4) is 0 Å². The average molecular weight is 252 g/mol. The number of tetrazole rings is 1. The molecule has 0 atom stereocenters. The first-order valence-corrected chi connectivity index (χ1v) is 5.42. The van der Waals surface area contributed by atoms with E-state index in [2.05, 4.69) is 25.7 Å². The maximum atomic E-state index is 10.6. The van der Waals surface area contributed by atoms with Crippen LogP contribution in [0.15, 0.2) is 22.4 Å². The molecule has 0 amide bonds. The lowest BCUT2D eigenvalue weighted by molar-refractivity contribution is -0.138. The van der Waals surface area contributed by atoms with Crippen molar-refractivity contribution in [3.05, 3.63) is 17.8 Å². The molecule has 0 aliphatic carbocycles. The molecule has 8 nitrogen and oxygen atoms in total. The van der Waals surface area contributed by atoms with Crippen molar-refractivity contribution < 1.29 is 9.90 Å². The van der Waals surface area contributed by atoms with Gasteiger partial charge in [0.05, 0.1) is 6.20 Å². The molecule has 0 saturated heterocycles. The van der Waals surface area contributed by atoms with E-state index in [-0.39, 0.29) is 6.54 Å². The Balaban J connectivity index is 2.18. The van der Waals surface area contributed by atoms with Crippen molar-refractivity contribution in [2.75, 3.05) is 0 Å². The van der Waals surface area contributed by atoms with Crippen LogP contribution in [0, 0.1) is 6.92 Å². The number of aromatic nitrogens is 6. The number of hydrogen-bond acceptors (Lipinski definition) is 7. The zero-order valence-corrected chi connectivity index (χ0v) is 9.63. The van der Waals surface area contributed by atoms with Crippen LogP contribution in [-0.4, -0.2) is 41.5 Å². The van der Waals surface area contributed by atoms with Gasteiger partial charge in [-0.25, -0.2) is 4.68 Å². The van der Waals surface area contributed by atoms with Gasteiger partial charge in [0.1, 0.15) is 11.6 Å². The molecule has 0 aliphatic rings. The summed E-state index contributed by atoms with van der Waals surface area (Å²) in [6.45, 7) is 1.60. The molecule has 0 bridgehead atoms. The predicted octanol–water partition coefficient (Wildman–Crippen LogP) is 0.00732. The van der Waals surface area contributed by atoms with Crippen LogP contribution in [0.2, 0.25) is 0 Å². The highest BCUT2D eigenvalue weighted by molar-refractivity contribution is 7.99. The Morgan fingerprint density at radius 3 is 3.06 bits per heavy atom. The minimum Gasteiger partial charge on any atom is -0.480 e. The smallest absolute Gasteiger partial charge is 0.325 e. The third-order valence-electron chi connectivity index (χ3n) is 1.75. The van der Waals surface area contributed by atoms with Crippen molar-refractivity contribution in [3.63, 3.8) is 0 Å². The molecule has 0 aromatic carbocycles. The number of nitrogens with zero attached hydrogens (tertiary/aromatic N) is 6. The van der Waals surface area contributed by atoms with Crippen molar-refractivity contribution >= 4 is 17.7 Å². The van der Waals surface area contributed by atoms with Gasteiger partial charge in [0.15, 0.2) is 0 Å². The van der Waals surface area contributed by atoms with E-state index in [1.807, 2.05) is 13.0 Å². The summed E-state index contributed by atoms with van der Waals surface area (Å²) >= 11 is 1.17. The van der Waals surface area contributed by atoms with Gasteiger partial charge in [-0.3, -0.25) is 4.79 Å². The molecular weight excluding hydrogens is 244 g/mol. The molecule has 2 aromatic rings. The van der Waals surface area contributed by atoms with Crippen molar-refractivity contribution in [1.29, 1.82) is 0 Å². The van der Waals surface area contributed by atoms with Gasteiger partial charge in [0.25, 0.3) is 0 Å². The molecule has 0 aliphatic heterocycles. The van der Waals surface area contributed by atoms with E-state index in [9.17, 15) is 4.79 Å². The van der Waals surface area contributed by atoms with Crippen LogP contribution in [0.25, 0.3) is 0 Å². The summed E-state index contributed by atoms with van der Waals surface area (Å²) in [5.74, 6) is -1.01. The lowest BCUT2D eigenvalue weighted by Crippen LogP contribution is -2.11. The summed E-state index contributed by atoms with van der Waals surface area (Å²) in [4.78, 5) is 10.6. The second-order valence-electron chi connectivity index (χ2n) is 3.19. The van der Waals surface area contributed by atoms with E-state index in [0.29, 0.717) is 10.2 Å². The van der Waals surface area contributed by atoms with Gasteiger partial charge < -0.3 is 5.11 Å². The number of carboxylic acids is 1. The maximum absolute atomic E-state index is 10.6. The van der Waals surface area contributed by atoms with Crippen LogP contribution in [0.5, 0.6) is 0 Å². The van der Waals surface area contributed by atoms with Gasteiger partial charge in [-0.1, -0.05) is 0 Å². The molecule has 0 spiro atoms. The second kappa shape index (κ2) is 4.87. The SMILES string of the molecule is Cc1cnnc(Sc2nnnn2CC(=O)O)c1. The Morgan fingerprint density at radius 1 is 1.53 bits per heavy atom. The fourth-order valence-electron chi connectivity index (χ4n) is 1.08. The zero-order valence-electron chi connectivity index (χ0n) is 8.81. The lowest BCUT2D eigenvalue weighted by atomic mass is 10.4. The van der Waals surface area contributed by atoms with Crippen LogP contribution in [0.1, 0.15) is 5.56 Å². The van der Waals surface area contributed by atoms with Crippen LogP contribution in [-0.2, 0) is 11.3 Å². The number of hydrogen-bond donors (Lipinski definition) is 1. The highest BCUT2D eigenvalue weighted by atomic mass is 32.2. The third-order valence-corrected chi connectivity index (χ3v) is 2.63. The van der Waals surface area contributed by atoms with Crippen molar-refractivity contribution in [2.24, 2.45) is 0 Å². The Bertz CT molecular complexity index is 542.